The Kier molecular flexibility index (Phi) is 7.62. The van der Waals surface area contributed by atoms with Crippen LogP contribution in [0.4, 0.5) is 0 Å². The van der Waals surface area contributed by atoms with Crippen LogP contribution in [0.2, 0.25) is 0 Å². The van der Waals surface area contributed by atoms with Crippen LogP contribution >= 0.6 is 27.7 Å². The molecule has 1 fully saturated rings. The smallest absolute Gasteiger partial charge is 0.331 e. The van der Waals surface area contributed by atoms with Crippen LogP contribution in [0.1, 0.15) is 5.56 Å². The van der Waals surface area contributed by atoms with Gasteiger partial charge in [0.05, 0.1) is 25.3 Å². The SMILES string of the molecule is C=CCOc1cc(Br)c(C=N/N=C2/NC(=O)/C(=C\C(=O)OC)S2)cc1OC. The first-order valence-corrected chi connectivity index (χ1v) is 9.10. The normalized spacial score (nSPS) is 16.6. The number of esters is 1. The van der Waals surface area contributed by atoms with Crippen LogP contribution in [-0.4, -0.2) is 44.1 Å². The number of amidine groups is 1. The summed E-state index contributed by atoms with van der Waals surface area (Å²) in [4.78, 5) is 23.1. The number of nitrogens with one attached hydrogen (secondary N) is 1. The molecule has 2 rings (SSSR count). The van der Waals surface area contributed by atoms with Crippen molar-refractivity contribution in [3.63, 3.8) is 0 Å². The molecule has 27 heavy (non-hydrogen) atoms. The van der Waals surface area contributed by atoms with E-state index in [0.29, 0.717) is 23.7 Å². The van der Waals surface area contributed by atoms with Gasteiger partial charge in [-0.05, 0) is 39.8 Å². The predicted octanol–water partition coefficient (Wildman–Crippen LogP) is 2.63. The van der Waals surface area contributed by atoms with Gasteiger partial charge in [0.25, 0.3) is 5.91 Å². The van der Waals surface area contributed by atoms with E-state index < -0.39 is 11.9 Å². The number of hydrogen-bond donors (Lipinski definition) is 1. The summed E-state index contributed by atoms with van der Waals surface area (Å²) in [6, 6.07) is 3.48. The Morgan fingerprint density at radius 2 is 2.15 bits per heavy atom. The van der Waals surface area contributed by atoms with Crippen LogP contribution in [0.5, 0.6) is 11.5 Å². The molecule has 1 aromatic carbocycles. The van der Waals surface area contributed by atoms with E-state index >= 15 is 0 Å². The summed E-state index contributed by atoms with van der Waals surface area (Å²) in [6.45, 7) is 3.96. The molecule has 0 saturated carbocycles. The molecule has 0 bridgehead atoms. The number of methoxy groups -OCH3 is 2. The average Bonchev–Trinajstić information content (AvgIpc) is 3.00. The minimum Gasteiger partial charge on any atom is -0.493 e. The summed E-state index contributed by atoms with van der Waals surface area (Å²) < 4.78 is 16.0. The number of rotatable bonds is 7. The lowest BCUT2D eigenvalue weighted by molar-refractivity contribution is -0.135. The van der Waals surface area contributed by atoms with Gasteiger partial charge in [-0.25, -0.2) is 4.79 Å². The third kappa shape index (κ3) is 5.69. The van der Waals surface area contributed by atoms with Crippen molar-refractivity contribution >= 4 is 51.0 Å². The molecular weight excluding hydrogens is 438 g/mol. The minimum atomic E-state index is -0.618. The second-order valence-corrected chi connectivity index (χ2v) is 6.75. The summed E-state index contributed by atoms with van der Waals surface area (Å²) >= 11 is 4.42. The lowest BCUT2D eigenvalue weighted by Crippen LogP contribution is -2.19. The molecule has 0 radical (unpaired) electrons. The fraction of sp³-hybridized carbons (Fsp3) is 0.176. The number of thioether (sulfide) groups is 1. The minimum absolute atomic E-state index is 0.183. The van der Waals surface area contributed by atoms with Crippen LogP contribution < -0.4 is 14.8 Å². The van der Waals surface area contributed by atoms with Crippen molar-refractivity contribution in [1.29, 1.82) is 0 Å². The lowest BCUT2D eigenvalue weighted by atomic mass is 10.2. The maximum atomic E-state index is 11.7. The number of ether oxygens (including phenoxy) is 3. The van der Waals surface area contributed by atoms with E-state index in [1.54, 1.807) is 18.2 Å². The van der Waals surface area contributed by atoms with E-state index in [9.17, 15) is 9.59 Å². The van der Waals surface area contributed by atoms with Crippen LogP contribution in [0.25, 0.3) is 0 Å². The predicted molar refractivity (Wildman–Crippen MR) is 107 cm³/mol. The van der Waals surface area contributed by atoms with Gasteiger partial charge in [-0.15, -0.1) is 5.10 Å². The highest BCUT2D eigenvalue weighted by molar-refractivity contribution is 9.10. The maximum absolute atomic E-state index is 11.7. The average molecular weight is 454 g/mol. The summed E-state index contributed by atoms with van der Waals surface area (Å²) in [5.74, 6) is 0.0306. The van der Waals surface area contributed by atoms with Gasteiger partial charge in [0.1, 0.15) is 6.61 Å². The van der Waals surface area contributed by atoms with Gasteiger partial charge in [-0.1, -0.05) is 12.7 Å². The Bertz CT molecular complexity index is 851. The quantitative estimate of drug-likeness (QED) is 0.224. The molecule has 142 valence electrons. The zero-order valence-corrected chi connectivity index (χ0v) is 16.9. The Balaban J connectivity index is 2.15. The van der Waals surface area contributed by atoms with Crippen molar-refractivity contribution in [2.75, 3.05) is 20.8 Å². The third-order valence-electron chi connectivity index (χ3n) is 3.09. The molecule has 0 aromatic heterocycles. The maximum Gasteiger partial charge on any atom is 0.331 e. The molecule has 1 N–H and O–H groups in total. The lowest BCUT2D eigenvalue weighted by Gasteiger charge is -2.11. The molecule has 1 aliphatic rings. The largest absolute Gasteiger partial charge is 0.493 e. The number of benzene rings is 1. The second kappa shape index (κ2) is 9.93. The molecule has 0 spiro atoms. The first kappa shape index (κ1) is 20.7. The van der Waals surface area contributed by atoms with Gasteiger partial charge in [-0.2, -0.15) is 5.10 Å². The Labute approximate surface area is 168 Å². The summed E-state index contributed by atoms with van der Waals surface area (Å²) in [6.07, 6.45) is 4.22. The first-order valence-electron chi connectivity index (χ1n) is 7.49. The van der Waals surface area contributed by atoms with Gasteiger partial charge < -0.3 is 14.2 Å². The van der Waals surface area contributed by atoms with Crippen molar-refractivity contribution in [3.8, 4) is 11.5 Å². The zero-order valence-electron chi connectivity index (χ0n) is 14.5. The summed E-state index contributed by atoms with van der Waals surface area (Å²) in [5, 5.41) is 10.7. The molecule has 0 aliphatic carbocycles. The highest BCUT2D eigenvalue weighted by atomic mass is 79.9. The van der Waals surface area contributed by atoms with Gasteiger partial charge >= 0.3 is 5.97 Å². The number of nitrogens with zero attached hydrogens (tertiary/aromatic N) is 2. The van der Waals surface area contributed by atoms with Crippen molar-refractivity contribution in [2.24, 2.45) is 10.2 Å². The van der Waals surface area contributed by atoms with Crippen LogP contribution in [0.15, 0.2) is 50.4 Å². The third-order valence-corrected chi connectivity index (χ3v) is 4.67. The summed E-state index contributed by atoms with van der Waals surface area (Å²) in [5.41, 5.74) is 0.696. The van der Waals surface area contributed by atoms with Crippen molar-refractivity contribution in [3.05, 3.63) is 45.8 Å². The zero-order chi connectivity index (χ0) is 19.8. The fourth-order valence-corrected chi connectivity index (χ4v) is 3.02. The van der Waals surface area contributed by atoms with Crippen LogP contribution in [0.3, 0.4) is 0 Å². The number of amides is 1. The van der Waals surface area contributed by atoms with Crippen molar-refractivity contribution in [2.45, 2.75) is 0 Å². The number of halogens is 1. The molecule has 1 heterocycles. The highest BCUT2D eigenvalue weighted by Gasteiger charge is 2.25. The van der Waals surface area contributed by atoms with Crippen LogP contribution in [-0.2, 0) is 14.3 Å². The van der Waals surface area contributed by atoms with Gasteiger partial charge in [0, 0.05) is 16.1 Å². The summed E-state index contributed by atoms with van der Waals surface area (Å²) in [7, 11) is 2.76. The molecule has 10 heteroatoms. The van der Waals surface area contributed by atoms with E-state index in [0.717, 1.165) is 22.3 Å². The topological polar surface area (TPSA) is 98.6 Å². The number of hydrogen-bond acceptors (Lipinski definition) is 8. The molecule has 0 unspecified atom stereocenters. The molecule has 1 aliphatic heterocycles. The number of carbonyl (C=O) groups is 2. The Morgan fingerprint density at radius 1 is 1.37 bits per heavy atom. The molecule has 8 nitrogen and oxygen atoms in total. The Hall–Kier alpha value is -2.59. The molecular formula is C17H16BrN3O5S. The molecule has 0 atom stereocenters. The van der Waals surface area contributed by atoms with Crippen molar-refractivity contribution < 1.29 is 23.8 Å². The van der Waals surface area contributed by atoms with Crippen LogP contribution in [0, 0.1) is 0 Å². The van der Waals surface area contributed by atoms with E-state index in [2.05, 4.69) is 42.8 Å². The van der Waals surface area contributed by atoms with Gasteiger partial charge in [0.2, 0.25) is 0 Å². The monoisotopic (exact) mass is 453 g/mol. The Morgan fingerprint density at radius 3 is 2.81 bits per heavy atom. The van der Waals surface area contributed by atoms with E-state index in [-0.39, 0.29) is 10.1 Å². The fourth-order valence-electron chi connectivity index (χ4n) is 1.86. The highest BCUT2D eigenvalue weighted by Crippen LogP contribution is 2.33. The van der Waals surface area contributed by atoms with Gasteiger partial charge in [0.15, 0.2) is 16.7 Å². The van der Waals surface area contributed by atoms with Crippen molar-refractivity contribution in [1.82, 2.24) is 5.32 Å². The van der Waals surface area contributed by atoms with E-state index in [1.165, 1.54) is 20.4 Å². The van der Waals surface area contributed by atoms with E-state index in [1.807, 2.05) is 0 Å². The molecule has 1 saturated heterocycles. The first-order chi connectivity index (χ1) is 13.0. The van der Waals surface area contributed by atoms with E-state index in [4.69, 9.17) is 9.47 Å². The molecule has 1 aromatic rings. The standard InChI is InChI=1S/C17H16BrN3O5S/c1-4-5-26-13-7-11(18)10(6-12(13)24-2)9-19-21-17-20-16(23)14(27-17)8-15(22)25-3/h4,6-9H,1,5H2,2-3H3,(H,20,21,23)/b14-8+,19-9?. The number of carbonyl (C=O) groups excluding carboxylic acids is 2. The molecule has 1 amide bonds. The van der Waals surface area contributed by atoms with Gasteiger partial charge in [-0.3, -0.25) is 10.1 Å². The second-order valence-electron chi connectivity index (χ2n) is 4.86.